The summed E-state index contributed by atoms with van der Waals surface area (Å²) in [4.78, 5) is 14.2. The zero-order chi connectivity index (χ0) is 13.8. The minimum absolute atomic E-state index is 0.134. The molecule has 0 fully saturated rings. The van der Waals surface area contributed by atoms with Gasteiger partial charge in [-0.1, -0.05) is 0 Å². The lowest BCUT2D eigenvalue weighted by atomic mass is 10.1. The molecule has 0 aliphatic rings. The van der Waals surface area contributed by atoms with Gasteiger partial charge in [0.25, 0.3) is 0 Å². The van der Waals surface area contributed by atoms with E-state index in [1.54, 1.807) is 0 Å². The molecule has 3 heterocycles. The molecule has 0 atom stereocenters. The Morgan fingerprint density at radius 1 is 1.26 bits per heavy atom. The number of anilines is 1. The molecule has 3 N–H and O–H groups in total. The second kappa shape index (κ2) is 3.56. The fourth-order valence-corrected chi connectivity index (χ4v) is 2.05. The van der Waals surface area contributed by atoms with E-state index in [9.17, 15) is 13.2 Å². The second-order valence-electron chi connectivity index (χ2n) is 4.12. The Morgan fingerprint density at radius 2 is 2.00 bits per heavy atom. The monoisotopic (exact) mass is 267 g/mol. The van der Waals surface area contributed by atoms with Gasteiger partial charge in [0.05, 0.1) is 16.6 Å². The van der Waals surface area contributed by atoms with E-state index >= 15 is 0 Å². The molecule has 19 heavy (non-hydrogen) atoms. The van der Waals surface area contributed by atoms with Gasteiger partial charge in [-0.3, -0.25) is 0 Å². The van der Waals surface area contributed by atoms with Crippen LogP contribution in [0.4, 0.5) is 19.0 Å². The first kappa shape index (κ1) is 11.7. The SMILES string of the molecule is Cc1nc(C(F)(F)F)cc2c1[nH]c1ncnc(N)c12. The predicted octanol–water partition coefficient (Wildman–Crippen LogP) is 2.42. The molecule has 0 unspecified atom stereocenters. The molecule has 0 bridgehead atoms. The lowest BCUT2D eigenvalue weighted by Gasteiger charge is -2.07. The molecule has 0 aliphatic carbocycles. The maximum absolute atomic E-state index is 12.8. The Kier molecular flexibility index (Phi) is 2.19. The van der Waals surface area contributed by atoms with Crippen molar-refractivity contribution in [3.8, 4) is 0 Å². The van der Waals surface area contributed by atoms with Crippen LogP contribution in [0.25, 0.3) is 21.9 Å². The summed E-state index contributed by atoms with van der Waals surface area (Å²) in [5.74, 6) is 0.134. The summed E-state index contributed by atoms with van der Waals surface area (Å²) >= 11 is 0. The molecule has 3 rings (SSSR count). The molecule has 0 aromatic carbocycles. The van der Waals surface area contributed by atoms with Crippen molar-refractivity contribution in [2.24, 2.45) is 0 Å². The molecular formula is C11H8F3N5. The number of halogens is 3. The van der Waals surface area contributed by atoms with Crippen LogP contribution in [0.3, 0.4) is 0 Å². The van der Waals surface area contributed by atoms with Crippen molar-refractivity contribution in [2.45, 2.75) is 13.1 Å². The van der Waals surface area contributed by atoms with Crippen molar-refractivity contribution in [1.82, 2.24) is 19.9 Å². The highest BCUT2D eigenvalue weighted by molar-refractivity contribution is 6.11. The van der Waals surface area contributed by atoms with Crippen molar-refractivity contribution in [2.75, 3.05) is 5.73 Å². The number of aryl methyl sites for hydroxylation is 1. The number of aromatic nitrogens is 4. The molecule has 0 saturated carbocycles. The number of nitrogens with one attached hydrogen (secondary N) is 1. The smallest absolute Gasteiger partial charge is 0.383 e. The maximum atomic E-state index is 12.8. The van der Waals surface area contributed by atoms with E-state index in [2.05, 4.69) is 19.9 Å². The van der Waals surface area contributed by atoms with E-state index in [4.69, 9.17) is 5.73 Å². The molecule has 0 amide bonds. The molecule has 0 radical (unpaired) electrons. The van der Waals surface area contributed by atoms with Gasteiger partial charge in [-0.05, 0) is 13.0 Å². The Morgan fingerprint density at radius 3 is 2.68 bits per heavy atom. The van der Waals surface area contributed by atoms with Gasteiger partial charge in [-0.25, -0.2) is 15.0 Å². The standard InChI is InChI=1S/C11H8F3N5/c1-4-8-5(2-6(18-4)11(12,13)14)7-9(15)16-3-17-10(7)19-8/h2-3H,1H3,(H3,15,16,17,19). The summed E-state index contributed by atoms with van der Waals surface area (Å²) in [6, 6.07) is 0.959. The summed E-state index contributed by atoms with van der Waals surface area (Å²) in [6.45, 7) is 1.50. The third-order valence-electron chi connectivity index (χ3n) is 2.88. The van der Waals surface area contributed by atoms with Crippen LogP contribution in [0.5, 0.6) is 0 Å². The Balaban J connectivity index is 2.49. The number of nitrogens with two attached hydrogens (primary N) is 1. The van der Waals surface area contributed by atoms with Crippen LogP contribution in [0.2, 0.25) is 0 Å². The van der Waals surface area contributed by atoms with Gasteiger partial charge in [-0.2, -0.15) is 13.2 Å². The molecule has 0 spiro atoms. The van der Waals surface area contributed by atoms with Crippen LogP contribution in [-0.4, -0.2) is 19.9 Å². The number of hydrogen-bond acceptors (Lipinski definition) is 4. The van der Waals surface area contributed by atoms with Crippen molar-refractivity contribution < 1.29 is 13.2 Å². The van der Waals surface area contributed by atoms with Crippen molar-refractivity contribution in [3.05, 3.63) is 23.8 Å². The molecule has 8 heteroatoms. The average Bonchev–Trinajstić information content (AvgIpc) is 2.68. The number of alkyl halides is 3. The first-order chi connectivity index (χ1) is 8.88. The highest BCUT2D eigenvalue weighted by atomic mass is 19.4. The third kappa shape index (κ3) is 1.67. The summed E-state index contributed by atoms with van der Waals surface area (Å²) in [6.07, 6.45) is -3.26. The van der Waals surface area contributed by atoms with Gasteiger partial charge in [0.15, 0.2) is 0 Å². The average molecular weight is 267 g/mol. The van der Waals surface area contributed by atoms with Crippen molar-refractivity contribution in [3.63, 3.8) is 0 Å². The lowest BCUT2D eigenvalue weighted by Crippen LogP contribution is -2.08. The fourth-order valence-electron chi connectivity index (χ4n) is 2.05. The molecule has 98 valence electrons. The summed E-state index contributed by atoms with van der Waals surface area (Å²) < 4.78 is 38.3. The molecular weight excluding hydrogens is 259 g/mol. The Hall–Kier alpha value is -2.38. The molecule has 3 aromatic heterocycles. The topological polar surface area (TPSA) is 80.5 Å². The van der Waals surface area contributed by atoms with E-state index in [1.165, 1.54) is 13.3 Å². The molecule has 5 nitrogen and oxygen atoms in total. The van der Waals surface area contributed by atoms with Gasteiger partial charge in [0, 0.05) is 5.39 Å². The minimum atomic E-state index is -4.51. The van der Waals surface area contributed by atoms with Crippen LogP contribution >= 0.6 is 0 Å². The summed E-state index contributed by atoms with van der Waals surface area (Å²) in [5, 5.41) is 0.710. The number of nitrogens with zero attached hydrogens (tertiary/aromatic N) is 3. The van der Waals surface area contributed by atoms with Gasteiger partial charge >= 0.3 is 6.18 Å². The fraction of sp³-hybridized carbons (Fsp3) is 0.182. The van der Waals surface area contributed by atoms with Crippen LogP contribution < -0.4 is 5.73 Å². The van der Waals surface area contributed by atoms with Crippen molar-refractivity contribution >= 4 is 27.8 Å². The second-order valence-corrected chi connectivity index (χ2v) is 4.12. The number of aromatic amines is 1. The summed E-state index contributed by atoms with van der Waals surface area (Å²) in [7, 11) is 0. The van der Waals surface area contributed by atoms with Gasteiger partial charge in [-0.15, -0.1) is 0 Å². The number of hydrogen-bond donors (Lipinski definition) is 2. The number of H-pyrrole nitrogens is 1. The zero-order valence-electron chi connectivity index (χ0n) is 9.71. The van der Waals surface area contributed by atoms with E-state index in [0.717, 1.165) is 6.07 Å². The van der Waals surface area contributed by atoms with Crippen LogP contribution in [0.1, 0.15) is 11.4 Å². The quantitative estimate of drug-likeness (QED) is 0.655. The molecule has 3 aromatic rings. The maximum Gasteiger partial charge on any atom is 0.433 e. The normalized spacial score (nSPS) is 12.4. The number of rotatable bonds is 0. The largest absolute Gasteiger partial charge is 0.433 e. The highest BCUT2D eigenvalue weighted by Crippen LogP contribution is 2.34. The van der Waals surface area contributed by atoms with Gasteiger partial charge < -0.3 is 10.7 Å². The van der Waals surface area contributed by atoms with Gasteiger partial charge in [0.1, 0.15) is 23.5 Å². The van der Waals surface area contributed by atoms with E-state index in [1.807, 2.05) is 0 Å². The Bertz CT molecular complexity index is 790. The Labute approximate surface area is 104 Å². The first-order valence-corrected chi connectivity index (χ1v) is 5.34. The number of fused-ring (bicyclic) bond motifs is 3. The first-order valence-electron chi connectivity index (χ1n) is 5.34. The molecule has 0 saturated heterocycles. The van der Waals surface area contributed by atoms with E-state index in [-0.39, 0.29) is 11.5 Å². The van der Waals surface area contributed by atoms with Gasteiger partial charge in [0.2, 0.25) is 0 Å². The molecule has 0 aliphatic heterocycles. The lowest BCUT2D eigenvalue weighted by molar-refractivity contribution is -0.141. The van der Waals surface area contributed by atoms with Crippen molar-refractivity contribution in [1.29, 1.82) is 0 Å². The zero-order valence-corrected chi connectivity index (χ0v) is 9.71. The number of pyridine rings is 1. The van der Waals surface area contributed by atoms with Crippen LogP contribution in [-0.2, 0) is 6.18 Å². The van der Waals surface area contributed by atoms with E-state index in [0.29, 0.717) is 21.9 Å². The van der Waals surface area contributed by atoms with Crippen LogP contribution in [0.15, 0.2) is 12.4 Å². The van der Waals surface area contributed by atoms with Crippen LogP contribution in [0, 0.1) is 6.92 Å². The minimum Gasteiger partial charge on any atom is -0.383 e. The highest BCUT2D eigenvalue weighted by Gasteiger charge is 2.33. The number of nitrogen functional groups attached to an aromatic ring is 1. The van der Waals surface area contributed by atoms with E-state index < -0.39 is 11.9 Å². The third-order valence-corrected chi connectivity index (χ3v) is 2.88. The summed E-state index contributed by atoms with van der Waals surface area (Å²) in [5.41, 5.74) is 5.86. The predicted molar refractivity (Wildman–Crippen MR) is 63.3 cm³/mol.